The Morgan fingerprint density at radius 1 is 1.17 bits per heavy atom. The summed E-state index contributed by atoms with van der Waals surface area (Å²) in [5, 5.41) is 0.696. The first-order valence-electron chi connectivity index (χ1n) is 7.49. The summed E-state index contributed by atoms with van der Waals surface area (Å²) in [7, 11) is 0. The molecule has 2 aromatic rings. The van der Waals surface area contributed by atoms with Crippen molar-refractivity contribution in [1.29, 1.82) is 0 Å². The van der Waals surface area contributed by atoms with Crippen molar-refractivity contribution in [1.82, 2.24) is 0 Å². The number of hydrogen-bond donors (Lipinski definition) is 0. The van der Waals surface area contributed by atoms with Gasteiger partial charge in [-0.15, -0.1) is 0 Å². The molecule has 0 spiro atoms. The van der Waals surface area contributed by atoms with Gasteiger partial charge in [-0.3, -0.25) is 0 Å². The molecule has 0 saturated heterocycles. The molecule has 2 rings (SSSR count). The molecule has 0 aliphatic rings. The Morgan fingerprint density at radius 3 is 2.65 bits per heavy atom. The van der Waals surface area contributed by atoms with E-state index in [9.17, 15) is 4.79 Å². The number of esters is 1. The minimum atomic E-state index is -0.326. The second-order valence-corrected chi connectivity index (χ2v) is 5.42. The molecule has 0 atom stereocenters. The Morgan fingerprint density at radius 2 is 1.96 bits per heavy atom. The minimum Gasteiger partial charge on any atom is -0.489 e. The number of benzene rings is 2. The lowest BCUT2D eigenvalue weighted by molar-refractivity contribution is -0.137. The molecule has 0 amide bonds. The van der Waals surface area contributed by atoms with Crippen molar-refractivity contribution in [3.05, 3.63) is 70.8 Å². The van der Waals surface area contributed by atoms with Crippen molar-refractivity contribution in [2.45, 2.75) is 20.0 Å². The zero-order chi connectivity index (χ0) is 16.5. The molecule has 4 heteroatoms. The summed E-state index contributed by atoms with van der Waals surface area (Å²) >= 11 is 5.94. The van der Waals surface area contributed by atoms with E-state index < -0.39 is 0 Å². The molecule has 0 heterocycles. The van der Waals surface area contributed by atoms with Crippen molar-refractivity contribution in [3.8, 4) is 5.75 Å². The van der Waals surface area contributed by atoms with Gasteiger partial charge < -0.3 is 9.47 Å². The first-order valence-corrected chi connectivity index (χ1v) is 7.87. The van der Waals surface area contributed by atoms with Crippen molar-refractivity contribution in [2.75, 3.05) is 6.61 Å². The Labute approximate surface area is 141 Å². The highest BCUT2D eigenvalue weighted by Gasteiger charge is 1.98. The molecule has 0 aromatic heterocycles. The van der Waals surface area contributed by atoms with Gasteiger partial charge in [-0.05, 0) is 47.9 Å². The van der Waals surface area contributed by atoms with Crippen molar-refractivity contribution >= 4 is 23.6 Å². The largest absolute Gasteiger partial charge is 0.489 e. The fourth-order valence-corrected chi connectivity index (χ4v) is 2.10. The fraction of sp³-hybridized carbons (Fsp3) is 0.211. The van der Waals surface area contributed by atoms with Crippen molar-refractivity contribution < 1.29 is 14.3 Å². The van der Waals surface area contributed by atoms with Crippen LogP contribution in [0.25, 0.3) is 6.08 Å². The van der Waals surface area contributed by atoms with E-state index in [0.29, 0.717) is 18.2 Å². The number of hydrogen-bond acceptors (Lipinski definition) is 3. The molecule has 0 aliphatic heterocycles. The summed E-state index contributed by atoms with van der Waals surface area (Å²) in [4.78, 5) is 11.4. The van der Waals surface area contributed by atoms with Crippen LogP contribution in [0.15, 0.2) is 54.6 Å². The molecular formula is C19H19ClO3. The maximum absolute atomic E-state index is 11.4. The second kappa shape index (κ2) is 9.01. The number of rotatable bonds is 7. The topological polar surface area (TPSA) is 35.5 Å². The molecule has 0 radical (unpaired) electrons. The Hall–Kier alpha value is -2.26. The second-order valence-electron chi connectivity index (χ2n) is 4.99. The molecule has 0 bridgehead atoms. The first kappa shape index (κ1) is 17.1. The lowest BCUT2D eigenvalue weighted by atomic mass is 10.2. The highest BCUT2D eigenvalue weighted by molar-refractivity contribution is 6.30. The van der Waals surface area contributed by atoms with Gasteiger partial charge in [0.15, 0.2) is 0 Å². The maximum Gasteiger partial charge on any atom is 0.330 e. The van der Waals surface area contributed by atoms with Gasteiger partial charge in [-0.1, -0.05) is 42.8 Å². The first-order chi connectivity index (χ1) is 11.2. The van der Waals surface area contributed by atoms with Crippen LogP contribution >= 0.6 is 11.6 Å². The summed E-state index contributed by atoms with van der Waals surface area (Å²) in [6.07, 6.45) is 3.97. The van der Waals surface area contributed by atoms with Crippen LogP contribution in [-0.2, 0) is 16.1 Å². The van der Waals surface area contributed by atoms with Gasteiger partial charge in [0, 0.05) is 11.1 Å². The molecule has 120 valence electrons. The third-order valence-corrected chi connectivity index (χ3v) is 3.27. The predicted molar refractivity (Wildman–Crippen MR) is 92.5 cm³/mol. The third-order valence-electron chi connectivity index (χ3n) is 3.03. The van der Waals surface area contributed by atoms with Crippen LogP contribution in [-0.4, -0.2) is 12.6 Å². The summed E-state index contributed by atoms with van der Waals surface area (Å²) < 4.78 is 10.7. The normalized spacial score (nSPS) is 10.7. The molecule has 2 aromatic carbocycles. The Bertz CT molecular complexity index is 663. The van der Waals surface area contributed by atoms with Crippen molar-refractivity contribution in [2.24, 2.45) is 0 Å². The van der Waals surface area contributed by atoms with E-state index in [0.717, 1.165) is 23.3 Å². The third kappa shape index (κ3) is 6.17. The average molecular weight is 331 g/mol. The van der Waals surface area contributed by atoms with Gasteiger partial charge in [-0.2, -0.15) is 0 Å². The number of carbonyl (C=O) groups is 1. The minimum absolute atomic E-state index is 0.326. The van der Waals surface area contributed by atoms with Crippen LogP contribution < -0.4 is 4.74 Å². The lowest BCUT2D eigenvalue weighted by Crippen LogP contribution is -2.00. The van der Waals surface area contributed by atoms with E-state index in [1.54, 1.807) is 6.08 Å². The molecule has 23 heavy (non-hydrogen) atoms. The Kier molecular flexibility index (Phi) is 6.70. The number of carbonyl (C=O) groups excluding carboxylic acids is 1. The zero-order valence-corrected chi connectivity index (χ0v) is 13.8. The molecule has 3 nitrogen and oxygen atoms in total. The van der Waals surface area contributed by atoms with Crippen LogP contribution in [0.1, 0.15) is 24.5 Å². The van der Waals surface area contributed by atoms with E-state index in [4.69, 9.17) is 21.1 Å². The highest BCUT2D eigenvalue weighted by atomic mass is 35.5. The summed E-state index contributed by atoms with van der Waals surface area (Å²) in [6.45, 7) is 2.86. The fourth-order valence-electron chi connectivity index (χ4n) is 1.88. The lowest BCUT2D eigenvalue weighted by Gasteiger charge is -2.07. The summed E-state index contributed by atoms with van der Waals surface area (Å²) in [6, 6.07) is 15.1. The monoisotopic (exact) mass is 330 g/mol. The molecular weight excluding hydrogens is 312 g/mol. The summed E-state index contributed by atoms with van der Waals surface area (Å²) in [5.41, 5.74) is 1.92. The smallest absolute Gasteiger partial charge is 0.330 e. The highest BCUT2D eigenvalue weighted by Crippen LogP contribution is 2.16. The number of ether oxygens (including phenoxy) is 2. The van der Waals surface area contributed by atoms with Gasteiger partial charge in [0.2, 0.25) is 0 Å². The van der Waals surface area contributed by atoms with Crippen LogP contribution in [0.5, 0.6) is 5.75 Å². The number of halogens is 1. The summed E-state index contributed by atoms with van der Waals surface area (Å²) in [5.74, 6) is 0.434. The van der Waals surface area contributed by atoms with Gasteiger partial charge in [-0.25, -0.2) is 4.79 Å². The van der Waals surface area contributed by atoms with Crippen LogP contribution in [0.4, 0.5) is 0 Å². The van der Waals surface area contributed by atoms with Crippen LogP contribution in [0.2, 0.25) is 5.02 Å². The molecule has 0 saturated carbocycles. The zero-order valence-electron chi connectivity index (χ0n) is 13.0. The molecule has 0 fully saturated rings. The van der Waals surface area contributed by atoms with E-state index in [1.807, 2.05) is 55.5 Å². The van der Waals surface area contributed by atoms with Gasteiger partial charge in [0.1, 0.15) is 12.4 Å². The van der Waals surface area contributed by atoms with Crippen LogP contribution in [0, 0.1) is 0 Å². The van der Waals surface area contributed by atoms with Crippen molar-refractivity contribution in [3.63, 3.8) is 0 Å². The van der Waals surface area contributed by atoms with Gasteiger partial charge in [0.25, 0.3) is 0 Å². The molecule has 0 N–H and O–H groups in total. The van der Waals surface area contributed by atoms with E-state index in [1.165, 1.54) is 6.08 Å². The van der Waals surface area contributed by atoms with Crippen LogP contribution in [0.3, 0.4) is 0 Å². The van der Waals surface area contributed by atoms with E-state index >= 15 is 0 Å². The van der Waals surface area contributed by atoms with E-state index in [-0.39, 0.29) is 5.97 Å². The molecule has 0 unspecified atom stereocenters. The Balaban J connectivity index is 1.87. The predicted octanol–water partition coefficient (Wildman–Crippen LogP) is 4.89. The van der Waals surface area contributed by atoms with Gasteiger partial charge >= 0.3 is 5.97 Å². The maximum atomic E-state index is 11.4. The SMILES string of the molecule is CCCOC(=O)C=Cc1ccc(OCc2cccc(Cl)c2)cc1. The quantitative estimate of drug-likeness (QED) is 0.536. The molecule has 0 aliphatic carbocycles. The van der Waals surface area contributed by atoms with Gasteiger partial charge in [0.05, 0.1) is 6.61 Å². The van der Waals surface area contributed by atoms with E-state index in [2.05, 4.69) is 0 Å². The standard InChI is InChI=1S/C19H19ClO3/c1-2-12-22-19(21)11-8-15-6-9-18(10-7-15)23-14-16-4-3-5-17(20)13-16/h3-11,13H,2,12,14H2,1H3. The average Bonchev–Trinajstić information content (AvgIpc) is 2.57.